The van der Waals surface area contributed by atoms with Crippen molar-refractivity contribution in [2.24, 2.45) is 0 Å². The van der Waals surface area contributed by atoms with Gasteiger partial charge in [-0.3, -0.25) is 0 Å². The van der Waals surface area contributed by atoms with Crippen molar-refractivity contribution in [2.75, 3.05) is 0 Å². The molecule has 0 aliphatic carbocycles. The van der Waals surface area contributed by atoms with Gasteiger partial charge in [0.2, 0.25) is 0 Å². The van der Waals surface area contributed by atoms with Crippen molar-refractivity contribution in [3.63, 3.8) is 0 Å². The van der Waals surface area contributed by atoms with Crippen LogP contribution in [0.3, 0.4) is 0 Å². The smallest absolute Gasteiger partial charge is 0.0449 e. The topological polar surface area (TPSA) is 0 Å². The molecule has 0 radical (unpaired) electrons. The Morgan fingerprint density at radius 1 is 0.207 bits per heavy atom. The maximum atomic E-state index is 2.49. The zero-order chi connectivity index (χ0) is 37.9. The molecule has 0 saturated heterocycles. The van der Waals surface area contributed by atoms with Gasteiger partial charge in [0, 0.05) is 80.8 Å². The SMILES string of the molecule is c1csc(-c2ccc(-c3cc4c(cc3-c3ccc(-c5cccs5)s3)c3cc5c6cc(-c7ccc(-c8cccs8)s7)c(-c7ccc(-c8cccs8)s7)cc6c5cc43)s2)c1. The van der Waals surface area contributed by atoms with Crippen molar-refractivity contribution in [3.8, 4) is 80.8 Å². The Balaban J connectivity index is 0.990. The highest BCUT2D eigenvalue weighted by atomic mass is 32.1. The fraction of sp³-hybridized carbons (Fsp3) is 0. The number of hydrogen-bond acceptors (Lipinski definition) is 8. The van der Waals surface area contributed by atoms with E-state index in [1.807, 2.05) is 90.7 Å². The van der Waals surface area contributed by atoms with Gasteiger partial charge in [-0.05, 0) is 174 Å². The minimum absolute atomic E-state index is 1.32. The molecule has 0 amide bonds. The minimum Gasteiger partial charge on any atom is -0.143 e. The van der Waals surface area contributed by atoms with Crippen molar-refractivity contribution >= 4 is 134 Å². The molecule has 0 unspecified atom stereocenters. The summed E-state index contributed by atoms with van der Waals surface area (Å²) >= 11 is 14.9. The molecule has 0 fully saturated rings. The largest absolute Gasteiger partial charge is 0.143 e. The molecule has 274 valence electrons. The average Bonchev–Trinajstić information content (AvgIpc) is 4.09. The molecular formula is C50H26S8. The molecular weight excluding hydrogens is 857 g/mol. The second-order valence-electron chi connectivity index (χ2n) is 14.4. The Bertz CT molecular complexity index is 3070. The second-order valence-corrected chi connectivity index (χ2v) is 22.5. The second kappa shape index (κ2) is 13.4. The third kappa shape index (κ3) is 5.37. The predicted octanol–water partition coefficient (Wildman–Crippen LogP) is 19.0. The summed E-state index contributed by atoms with van der Waals surface area (Å²) in [5.74, 6) is 0. The third-order valence-electron chi connectivity index (χ3n) is 11.2. The molecule has 58 heavy (non-hydrogen) atoms. The van der Waals surface area contributed by atoms with Gasteiger partial charge in [0.05, 0.1) is 0 Å². The van der Waals surface area contributed by atoms with Gasteiger partial charge in [-0.15, -0.1) is 90.7 Å². The van der Waals surface area contributed by atoms with Crippen molar-refractivity contribution in [2.45, 2.75) is 0 Å². The van der Waals surface area contributed by atoms with Crippen LogP contribution in [0.1, 0.15) is 0 Å². The van der Waals surface area contributed by atoms with Gasteiger partial charge in [-0.1, -0.05) is 24.3 Å². The molecule has 5 aromatic carbocycles. The first-order valence-electron chi connectivity index (χ1n) is 18.8. The van der Waals surface area contributed by atoms with E-state index in [2.05, 4.69) is 155 Å². The maximum Gasteiger partial charge on any atom is 0.0449 e. The number of fused-ring (bicyclic) bond motifs is 8. The highest BCUT2D eigenvalue weighted by Gasteiger charge is 2.24. The number of thiophene rings is 8. The van der Waals surface area contributed by atoms with Crippen LogP contribution in [0.25, 0.3) is 124 Å². The van der Waals surface area contributed by atoms with E-state index in [1.165, 1.54) is 124 Å². The summed E-state index contributed by atoms with van der Waals surface area (Å²) in [6, 6.07) is 51.0. The van der Waals surface area contributed by atoms with Gasteiger partial charge >= 0.3 is 0 Å². The Morgan fingerprint density at radius 3 is 0.655 bits per heavy atom. The molecule has 0 N–H and O–H groups in total. The first-order valence-corrected chi connectivity index (χ1v) is 25.6. The van der Waals surface area contributed by atoms with Crippen LogP contribution in [0.2, 0.25) is 0 Å². The van der Waals surface area contributed by atoms with Crippen molar-refractivity contribution in [1.29, 1.82) is 0 Å². The lowest BCUT2D eigenvalue weighted by molar-refractivity contribution is 1.74. The predicted molar refractivity (Wildman–Crippen MR) is 265 cm³/mol. The highest BCUT2D eigenvalue weighted by molar-refractivity contribution is 7.25. The molecule has 0 atom stereocenters. The van der Waals surface area contributed by atoms with Gasteiger partial charge in [-0.2, -0.15) is 0 Å². The summed E-state index contributed by atoms with van der Waals surface area (Å²) in [4.78, 5) is 15.9. The van der Waals surface area contributed by atoms with Crippen LogP contribution >= 0.6 is 90.7 Å². The van der Waals surface area contributed by atoms with E-state index < -0.39 is 0 Å². The van der Waals surface area contributed by atoms with Crippen molar-refractivity contribution in [3.05, 3.63) is 155 Å². The van der Waals surface area contributed by atoms with Crippen LogP contribution in [0.4, 0.5) is 0 Å². The number of hydrogen-bond donors (Lipinski definition) is 0. The fourth-order valence-electron chi connectivity index (χ4n) is 8.41. The van der Waals surface area contributed by atoms with Crippen LogP contribution in [0, 0.1) is 0 Å². The van der Waals surface area contributed by atoms with Crippen LogP contribution < -0.4 is 0 Å². The Hall–Kier alpha value is -4.74. The molecule has 0 spiro atoms. The molecule has 0 nitrogen and oxygen atoms in total. The summed E-state index contributed by atoms with van der Waals surface area (Å²) in [5.41, 5.74) is 5.29. The lowest BCUT2D eigenvalue weighted by atomic mass is 9.83. The first kappa shape index (κ1) is 34.2. The zero-order valence-electron chi connectivity index (χ0n) is 30.3. The number of benzene rings is 3. The summed E-state index contributed by atoms with van der Waals surface area (Å²) in [5, 5.41) is 19.6. The lowest BCUT2D eigenvalue weighted by Gasteiger charge is -2.21. The Kier molecular flexibility index (Phi) is 7.89. The molecule has 13 rings (SSSR count). The quantitative estimate of drug-likeness (QED) is 0.143. The molecule has 0 aliphatic rings. The van der Waals surface area contributed by atoms with Gasteiger partial charge in [0.25, 0.3) is 0 Å². The number of rotatable bonds is 8. The Morgan fingerprint density at radius 2 is 0.431 bits per heavy atom. The third-order valence-corrected chi connectivity index (χ3v) is 19.9. The van der Waals surface area contributed by atoms with E-state index in [0.29, 0.717) is 0 Å². The fourth-order valence-corrected chi connectivity index (χ4v) is 15.9. The zero-order valence-corrected chi connectivity index (χ0v) is 36.8. The van der Waals surface area contributed by atoms with Crippen LogP contribution in [0.5, 0.6) is 0 Å². The van der Waals surface area contributed by atoms with E-state index in [4.69, 9.17) is 0 Å². The summed E-state index contributed by atoms with van der Waals surface area (Å²) < 4.78 is 0. The monoisotopic (exact) mass is 882 g/mol. The summed E-state index contributed by atoms with van der Waals surface area (Å²) in [6.45, 7) is 0. The summed E-state index contributed by atoms with van der Waals surface area (Å²) in [7, 11) is 0. The first-order chi connectivity index (χ1) is 28.7. The molecule has 8 heterocycles. The normalized spacial score (nSPS) is 12.1. The van der Waals surface area contributed by atoms with Crippen LogP contribution in [-0.2, 0) is 0 Å². The molecule has 13 aromatic rings. The van der Waals surface area contributed by atoms with Gasteiger partial charge in [0.15, 0.2) is 0 Å². The molecule has 8 heteroatoms. The molecule has 8 aromatic heterocycles. The van der Waals surface area contributed by atoms with E-state index in [1.54, 1.807) is 0 Å². The lowest BCUT2D eigenvalue weighted by Crippen LogP contribution is -1.93. The van der Waals surface area contributed by atoms with Crippen molar-refractivity contribution in [1.82, 2.24) is 0 Å². The molecule has 0 aliphatic heterocycles. The van der Waals surface area contributed by atoms with E-state index >= 15 is 0 Å². The van der Waals surface area contributed by atoms with Gasteiger partial charge in [0.1, 0.15) is 0 Å². The standard InChI is InChI=1S/C50H26S8/c1-5-43(51-17-1)47-13-9-39(55-47)35-23-31-27-21-29-30(22-28(27)32(31)24-36(35)40-10-14-48(56-40)44-6-2-18-52-44)34-26-38(42-12-16-50(58-42)46-8-4-20-54-46)37(25-33(29)34)41-11-15-49(57-41)45-7-3-19-53-45/h1-26H. The highest BCUT2D eigenvalue weighted by Crippen LogP contribution is 2.53. The van der Waals surface area contributed by atoms with Crippen LogP contribution in [0.15, 0.2) is 155 Å². The van der Waals surface area contributed by atoms with E-state index in [9.17, 15) is 0 Å². The Labute approximate surface area is 366 Å². The maximum absolute atomic E-state index is 2.49. The van der Waals surface area contributed by atoms with Gasteiger partial charge < -0.3 is 0 Å². The van der Waals surface area contributed by atoms with Crippen molar-refractivity contribution < 1.29 is 0 Å². The molecule has 0 bridgehead atoms. The van der Waals surface area contributed by atoms with E-state index in [0.717, 1.165) is 0 Å². The van der Waals surface area contributed by atoms with E-state index in [-0.39, 0.29) is 0 Å². The van der Waals surface area contributed by atoms with Crippen LogP contribution in [-0.4, -0.2) is 0 Å². The average molecular weight is 883 g/mol. The molecule has 0 saturated carbocycles. The van der Waals surface area contributed by atoms with Gasteiger partial charge in [-0.25, -0.2) is 0 Å². The minimum atomic E-state index is 1.32. The summed E-state index contributed by atoms with van der Waals surface area (Å²) in [6.07, 6.45) is 0.